The molecule has 1 spiro atoms. The van der Waals surface area contributed by atoms with Crippen LogP contribution in [0, 0.1) is 17.8 Å². The van der Waals surface area contributed by atoms with Crippen LogP contribution in [0.3, 0.4) is 0 Å². The maximum absolute atomic E-state index is 15.1. The van der Waals surface area contributed by atoms with E-state index in [2.05, 4.69) is 0 Å². The van der Waals surface area contributed by atoms with Gasteiger partial charge in [-0.2, -0.15) is 0 Å². The number of hydrogen-bond acceptors (Lipinski definition) is 6. The lowest BCUT2D eigenvalue weighted by Gasteiger charge is -2.42. The highest BCUT2D eigenvalue weighted by Crippen LogP contribution is 2.59. The Morgan fingerprint density at radius 3 is 2.18 bits per heavy atom. The molecule has 9 heteroatoms. The van der Waals surface area contributed by atoms with Gasteiger partial charge in [-0.1, -0.05) is 81.8 Å². The molecule has 7 atom stereocenters. The lowest BCUT2D eigenvalue weighted by molar-refractivity contribution is -0.150. The second kappa shape index (κ2) is 12.8. The maximum atomic E-state index is 15.1. The van der Waals surface area contributed by atoms with Crippen molar-refractivity contribution in [1.82, 2.24) is 4.90 Å². The molecule has 0 aromatic heterocycles. The van der Waals surface area contributed by atoms with Crippen LogP contribution in [-0.2, 0) is 19.1 Å². The van der Waals surface area contributed by atoms with Gasteiger partial charge >= 0.3 is 0 Å². The minimum absolute atomic E-state index is 0.111. The standard InChI is InChI=1S/C40H45N3O6/c1-5-26(4)32(25-44)43-35-38(47)42(30-15-14-27-12-8-9-13-28(27)24-30)23-11-21-40(35)34(37(43)46)33-36(45)41(22-10-20-39(33,6-2)49-40)29-16-18-31(19-17-29)48-7-3/h8-21,24,26,32-35,44H,5-7,22-23,25H2,1-4H3/t26-,32-,33+,34-,35?,39-,40-/m0/s1. The smallest absolute Gasteiger partial charge is 0.253 e. The third-order valence-corrected chi connectivity index (χ3v) is 11.2. The summed E-state index contributed by atoms with van der Waals surface area (Å²) in [4.78, 5) is 50.1. The van der Waals surface area contributed by atoms with Crippen molar-refractivity contribution in [2.24, 2.45) is 17.8 Å². The van der Waals surface area contributed by atoms with Gasteiger partial charge in [0.15, 0.2) is 0 Å². The van der Waals surface area contributed by atoms with Gasteiger partial charge < -0.3 is 29.3 Å². The number of anilines is 2. The van der Waals surface area contributed by atoms with Crippen LogP contribution < -0.4 is 14.5 Å². The van der Waals surface area contributed by atoms with Crippen LogP contribution in [0.5, 0.6) is 5.75 Å². The molecule has 1 N–H and O–H groups in total. The fraction of sp³-hybridized carbons (Fsp3) is 0.425. The molecule has 256 valence electrons. The number of carbonyl (C=O) groups is 3. The summed E-state index contributed by atoms with van der Waals surface area (Å²) < 4.78 is 12.8. The van der Waals surface area contributed by atoms with Crippen molar-refractivity contribution in [3.05, 3.63) is 91.0 Å². The second-order valence-electron chi connectivity index (χ2n) is 13.7. The molecule has 7 rings (SSSR count). The molecule has 4 aliphatic heterocycles. The Balaban J connectivity index is 1.36. The number of fused-ring (bicyclic) bond motifs is 3. The van der Waals surface area contributed by atoms with E-state index in [1.807, 2.05) is 119 Å². The Labute approximate surface area is 287 Å². The molecular formula is C40H45N3O6. The molecule has 0 radical (unpaired) electrons. The van der Waals surface area contributed by atoms with Gasteiger partial charge in [0.1, 0.15) is 17.4 Å². The van der Waals surface area contributed by atoms with Crippen molar-refractivity contribution in [1.29, 1.82) is 0 Å². The quantitative estimate of drug-likeness (QED) is 0.303. The van der Waals surface area contributed by atoms with E-state index in [0.29, 0.717) is 43.1 Å². The number of likely N-dealkylation sites (tertiary alicyclic amines) is 1. The van der Waals surface area contributed by atoms with Crippen LogP contribution in [0.1, 0.15) is 40.5 Å². The molecule has 3 aromatic carbocycles. The largest absolute Gasteiger partial charge is 0.494 e. The number of nitrogens with zero attached hydrogens (tertiary/aromatic N) is 3. The summed E-state index contributed by atoms with van der Waals surface area (Å²) in [7, 11) is 0. The molecule has 3 aromatic rings. The summed E-state index contributed by atoms with van der Waals surface area (Å²) in [5.41, 5.74) is -1.15. The highest BCUT2D eigenvalue weighted by Gasteiger charge is 2.76. The molecule has 0 bridgehead atoms. The summed E-state index contributed by atoms with van der Waals surface area (Å²) in [6.45, 7) is 8.67. The molecular weight excluding hydrogens is 618 g/mol. The van der Waals surface area contributed by atoms with E-state index < -0.39 is 35.1 Å². The first-order chi connectivity index (χ1) is 23.7. The summed E-state index contributed by atoms with van der Waals surface area (Å²) >= 11 is 0. The maximum Gasteiger partial charge on any atom is 0.253 e. The zero-order valence-electron chi connectivity index (χ0n) is 28.6. The first kappa shape index (κ1) is 33.0. The van der Waals surface area contributed by atoms with Gasteiger partial charge in [-0.3, -0.25) is 14.4 Å². The van der Waals surface area contributed by atoms with Crippen LogP contribution in [0.25, 0.3) is 10.8 Å². The Morgan fingerprint density at radius 2 is 1.51 bits per heavy atom. The summed E-state index contributed by atoms with van der Waals surface area (Å²) in [5.74, 6) is -2.14. The van der Waals surface area contributed by atoms with Crippen molar-refractivity contribution in [2.45, 2.75) is 63.8 Å². The molecule has 4 aliphatic rings. The Morgan fingerprint density at radius 1 is 0.837 bits per heavy atom. The SMILES string of the molecule is CCOc1ccc(N2CC=C[C@]3(CC)O[C@]45C=CCN(c6ccc7ccccc7c6)C(=O)C4N([C@@H](CO)[C@@H](C)CC)C(=O)[C@@H]5[C@@H]3C2=O)cc1. The van der Waals surface area contributed by atoms with Crippen LogP contribution in [0.2, 0.25) is 0 Å². The van der Waals surface area contributed by atoms with Crippen LogP contribution in [-0.4, -0.2) is 77.3 Å². The van der Waals surface area contributed by atoms with Gasteiger partial charge in [0.2, 0.25) is 11.8 Å². The molecule has 49 heavy (non-hydrogen) atoms. The van der Waals surface area contributed by atoms with E-state index >= 15 is 9.59 Å². The number of hydrogen-bond donors (Lipinski definition) is 1. The molecule has 0 aliphatic carbocycles. The monoisotopic (exact) mass is 663 g/mol. The summed E-state index contributed by atoms with van der Waals surface area (Å²) in [5, 5.41) is 12.9. The molecule has 0 saturated carbocycles. The van der Waals surface area contributed by atoms with E-state index in [1.54, 1.807) is 14.7 Å². The van der Waals surface area contributed by atoms with Gasteiger partial charge in [-0.15, -0.1) is 0 Å². The van der Waals surface area contributed by atoms with Crippen LogP contribution >= 0.6 is 0 Å². The predicted molar refractivity (Wildman–Crippen MR) is 189 cm³/mol. The number of carbonyl (C=O) groups excluding carboxylic acids is 3. The minimum Gasteiger partial charge on any atom is -0.494 e. The second-order valence-corrected chi connectivity index (χ2v) is 13.7. The molecule has 3 amide bonds. The normalized spacial score (nSPS) is 29.0. The molecule has 2 fully saturated rings. The van der Waals surface area contributed by atoms with Crippen LogP contribution in [0.15, 0.2) is 91.0 Å². The van der Waals surface area contributed by atoms with Crippen molar-refractivity contribution in [3.8, 4) is 5.75 Å². The van der Waals surface area contributed by atoms with Crippen molar-refractivity contribution in [3.63, 3.8) is 0 Å². The molecule has 4 heterocycles. The van der Waals surface area contributed by atoms with E-state index in [1.165, 1.54) is 0 Å². The van der Waals surface area contributed by atoms with Gasteiger partial charge in [-0.05, 0) is 66.4 Å². The Kier molecular flexibility index (Phi) is 8.61. The van der Waals surface area contributed by atoms with Gasteiger partial charge in [0.25, 0.3) is 5.91 Å². The minimum atomic E-state index is -1.43. The molecule has 9 nitrogen and oxygen atoms in total. The molecule has 2 saturated heterocycles. The van der Waals surface area contributed by atoms with Gasteiger partial charge in [0, 0.05) is 24.5 Å². The van der Waals surface area contributed by atoms with Gasteiger partial charge in [0.05, 0.1) is 36.7 Å². The first-order valence-electron chi connectivity index (χ1n) is 17.6. The van der Waals surface area contributed by atoms with E-state index in [4.69, 9.17) is 9.47 Å². The van der Waals surface area contributed by atoms with E-state index in [-0.39, 0.29) is 36.8 Å². The fourth-order valence-electron chi connectivity index (χ4n) is 8.57. The highest BCUT2D eigenvalue weighted by atomic mass is 16.5. The van der Waals surface area contributed by atoms with Crippen molar-refractivity contribution in [2.75, 3.05) is 36.1 Å². The number of amides is 3. The lowest BCUT2D eigenvalue weighted by atomic mass is 9.73. The summed E-state index contributed by atoms with van der Waals surface area (Å²) in [6, 6.07) is 19.6. The van der Waals surface area contributed by atoms with Crippen molar-refractivity contribution >= 4 is 39.9 Å². The zero-order valence-corrected chi connectivity index (χ0v) is 28.6. The third-order valence-electron chi connectivity index (χ3n) is 11.2. The van der Waals surface area contributed by atoms with E-state index in [0.717, 1.165) is 10.8 Å². The topological polar surface area (TPSA) is 99.6 Å². The Hall–Kier alpha value is -4.47. The number of ether oxygens (including phenoxy) is 2. The first-order valence-corrected chi connectivity index (χ1v) is 17.6. The number of aliphatic hydroxyl groups excluding tert-OH is 1. The van der Waals surface area contributed by atoms with E-state index in [9.17, 15) is 9.90 Å². The average Bonchev–Trinajstić information content (AvgIpc) is 3.41. The highest BCUT2D eigenvalue weighted by molar-refractivity contribution is 6.08. The number of rotatable bonds is 9. The fourth-order valence-corrected chi connectivity index (χ4v) is 8.57. The average molecular weight is 664 g/mol. The third kappa shape index (κ3) is 5.08. The zero-order chi connectivity index (χ0) is 34.5. The lowest BCUT2D eigenvalue weighted by Crippen LogP contribution is -2.60. The number of aliphatic hydroxyl groups is 1. The van der Waals surface area contributed by atoms with Gasteiger partial charge in [-0.25, -0.2) is 0 Å². The predicted octanol–water partition coefficient (Wildman–Crippen LogP) is 5.51. The Bertz CT molecular complexity index is 1820. The summed E-state index contributed by atoms with van der Waals surface area (Å²) in [6.07, 6.45) is 8.77. The number of benzene rings is 3. The molecule has 1 unspecified atom stereocenters. The van der Waals surface area contributed by atoms with Crippen molar-refractivity contribution < 1.29 is 29.0 Å². The van der Waals surface area contributed by atoms with Crippen LogP contribution in [0.4, 0.5) is 11.4 Å².